The van der Waals surface area contributed by atoms with Gasteiger partial charge in [-0.2, -0.15) is 0 Å². The van der Waals surface area contributed by atoms with Crippen molar-refractivity contribution in [2.75, 3.05) is 25.0 Å². The van der Waals surface area contributed by atoms with Gasteiger partial charge in [-0.25, -0.2) is 13.2 Å². The fourth-order valence-corrected chi connectivity index (χ4v) is 5.48. The first-order chi connectivity index (χ1) is 15.7. The molecule has 1 amide bonds. The number of para-hydroxylation sites is 1. The number of benzene rings is 2. The SMILES string of the molecule is COC(=O)c1cc(CN(C)C(=O)c2cccc(S(=O)(=O)N3CCc4ccccc43)c2)oc1C. The molecule has 0 aliphatic carbocycles. The zero-order chi connectivity index (χ0) is 23.8. The molecule has 0 N–H and O–H groups in total. The van der Waals surface area contributed by atoms with Crippen molar-refractivity contribution in [2.45, 2.75) is 24.8 Å². The van der Waals surface area contributed by atoms with E-state index in [4.69, 9.17) is 9.15 Å². The number of ether oxygens (including phenoxy) is 1. The van der Waals surface area contributed by atoms with Gasteiger partial charge in [0.25, 0.3) is 15.9 Å². The predicted molar refractivity (Wildman–Crippen MR) is 122 cm³/mol. The lowest BCUT2D eigenvalue weighted by atomic mass is 10.2. The van der Waals surface area contributed by atoms with E-state index in [0.717, 1.165) is 5.56 Å². The number of fused-ring (bicyclic) bond motifs is 1. The Hall–Kier alpha value is -3.59. The monoisotopic (exact) mass is 468 g/mol. The average molecular weight is 469 g/mol. The Balaban J connectivity index is 1.55. The van der Waals surface area contributed by atoms with Gasteiger partial charge in [0.1, 0.15) is 17.1 Å². The maximum absolute atomic E-state index is 13.3. The number of hydrogen-bond donors (Lipinski definition) is 0. The van der Waals surface area contributed by atoms with Crippen LogP contribution in [0.15, 0.2) is 63.9 Å². The maximum atomic E-state index is 13.3. The smallest absolute Gasteiger partial charge is 0.341 e. The highest BCUT2D eigenvalue weighted by molar-refractivity contribution is 7.92. The van der Waals surface area contributed by atoms with Crippen molar-refractivity contribution >= 4 is 27.6 Å². The van der Waals surface area contributed by atoms with E-state index in [9.17, 15) is 18.0 Å². The van der Waals surface area contributed by atoms with E-state index in [2.05, 4.69) is 0 Å². The molecular weight excluding hydrogens is 444 g/mol. The summed E-state index contributed by atoms with van der Waals surface area (Å²) < 4.78 is 38.3. The Morgan fingerprint density at radius 2 is 1.88 bits per heavy atom. The molecule has 0 spiro atoms. The lowest BCUT2D eigenvalue weighted by Gasteiger charge is -2.20. The molecule has 3 aromatic rings. The van der Waals surface area contributed by atoms with Crippen LogP contribution in [0, 0.1) is 6.92 Å². The topological polar surface area (TPSA) is 97.1 Å². The zero-order valence-corrected chi connectivity index (χ0v) is 19.4. The molecule has 1 aliphatic heterocycles. The Morgan fingerprint density at radius 1 is 1.12 bits per heavy atom. The number of carbonyl (C=O) groups is 2. The van der Waals surface area contributed by atoms with Gasteiger partial charge < -0.3 is 14.1 Å². The number of nitrogens with zero attached hydrogens (tertiary/aromatic N) is 2. The van der Waals surface area contributed by atoms with Crippen molar-refractivity contribution in [1.82, 2.24) is 4.90 Å². The largest absolute Gasteiger partial charge is 0.465 e. The molecule has 4 rings (SSSR count). The number of amides is 1. The molecule has 1 aliphatic rings. The van der Waals surface area contributed by atoms with Crippen molar-refractivity contribution in [2.24, 2.45) is 0 Å². The third-order valence-corrected chi connectivity index (χ3v) is 7.44. The van der Waals surface area contributed by atoms with Crippen LogP contribution in [-0.4, -0.2) is 45.9 Å². The van der Waals surface area contributed by atoms with Crippen LogP contribution in [0.5, 0.6) is 0 Å². The first-order valence-corrected chi connectivity index (χ1v) is 11.8. The van der Waals surface area contributed by atoms with Crippen molar-refractivity contribution in [3.63, 3.8) is 0 Å². The van der Waals surface area contributed by atoms with Crippen molar-refractivity contribution in [1.29, 1.82) is 0 Å². The molecule has 2 aromatic carbocycles. The zero-order valence-electron chi connectivity index (χ0n) is 18.6. The molecule has 2 heterocycles. The van der Waals surface area contributed by atoms with E-state index < -0.39 is 16.0 Å². The van der Waals surface area contributed by atoms with Crippen LogP contribution in [0.25, 0.3) is 0 Å². The summed E-state index contributed by atoms with van der Waals surface area (Å²) >= 11 is 0. The molecule has 1 aromatic heterocycles. The quantitative estimate of drug-likeness (QED) is 0.515. The van der Waals surface area contributed by atoms with Gasteiger partial charge in [0, 0.05) is 19.2 Å². The van der Waals surface area contributed by atoms with Gasteiger partial charge >= 0.3 is 5.97 Å². The van der Waals surface area contributed by atoms with Gasteiger partial charge in [-0.15, -0.1) is 0 Å². The van der Waals surface area contributed by atoms with Gasteiger partial charge in [0.15, 0.2) is 0 Å². The van der Waals surface area contributed by atoms with Gasteiger partial charge in [0.05, 0.1) is 24.2 Å². The number of esters is 1. The molecule has 172 valence electrons. The van der Waals surface area contributed by atoms with Crippen LogP contribution in [0.3, 0.4) is 0 Å². The van der Waals surface area contributed by atoms with Crippen LogP contribution in [0.1, 0.15) is 37.8 Å². The third-order valence-electron chi connectivity index (χ3n) is 5.63. The second kappa shape index (κ2) is 8.74. The fraction of sp³-hybridized carbons (Fsp3) is 0.250. The van der Waals surface area contributed by atoms with Crippen molar-refractivity contribution in [3.8, 4) is 0 Å². The van der Waals surface area contributed by atoms with Gasteiger partial charge in [-0.1, -0.05) is 24.3 Å². The minimum atomic E-state index is -3.81. The Bertz CT molecular complexity index is 1330. The standard InChI is InChI=1S/C24H24N2O6S/c1-16-21(24(28)31-3)14-19(32-16)15-25(2)23(27)18-8-6-9-20(13-18)33(29,30)26-12-11-17-7-4-5-10-22(17)26/h4-10,13-14H,11-12,15H2,1-3H3. The molecule has 8 nitrogen and oxygen atoms in total. The van der Waals surface area contributed by atoms with Crippen molar-refractivity contribution in [3.05, 3.63) is 82.8 Å². The van der Waals surface area contributed by atoms with Crippen LogP contribution >= 0.6 is 0 Å². The molecule has 0 radical (unpaired) electrons. The maximum Gasteiger partial charge on any atom is 0.341 e. The molecule has 0 bridgehead atoms. The number of anilines is 1. The number of methoxy groups -OCH3 is 1. The van der Waals surface area contributed by atoms with Gasteiger partial charge in [0.2, 0.25) is 0 Å². The lowest BCUT2D eigenvalue weighted by molar-refractivity contribution is 0.0598. The average Bonchev–Trinajstić information content (AvgIpc) is 3.41. The van der Waals surface area contributed by atoms with E-state index in [1.807, 2.05) is 18.2 Å². The van der Waals surface area contributed by atoms with E-state index in [1.54, 1.807) is 32.2 Å². The summed E-state index contributed by atoms with van der Waals surface area (Å²) in [5, 5.41) is 0. The highest BCUT2D eigenvalue weighted by Gasteiger charge is 2.31. The molecule has 0 saturated carbocycles. The number of carbonyl (C=O) groups excluding carboxylic acids is 2. The lowest BCUT2D eigenvalue weighted by Crippen LogP contribution is -2.30. The minimum absolute atomic E-state index is 0.0558. The van der Waals surface area contributed by atoms with Gasteiger partial charge in [-0.05, 0) is 49.2 Å². The summed E-state index contributed by atoms with van der Waals surface area (Å²) in [6.07, 6.45) is 0.646. The van der Waals surface area contributed by atoms with Crippen LogP contribution in [-0.2, 0) is 27.7 Å². The normalized spacial score (nSPS) is 13.0. The summed E-state index contributed by atoms with van der Waals surface area (Å²) in [4.78, 5) is 26.3. The molecule has 0 saturated heterocycles. The molecule has 0 fully saturated rings. The molecule has 9 heteroatoms. The summed E-state index contributed by atoms with van der Waals surface area (Å²) in [5.41, 5.74) is 2.18. The summed E-state index contributed by atoms with van der Waals surface area (Å²) in [7, 11) is -0.952. The summed E-state index contributed by atoms with van der Waals surface area (Å²) in [5.74, 6) is -0.0710. The Morgan fingerprint density at radius 3 is 2.64 bits per heavy atom. The number of rotatable bonds is 6. The molecule has 33 heavy (non-hydrogen) atoms. The van der Waals surface area contributed by atoms with Crippen LogP contribution in [0.4, 0.5) is 5.69 Å². The fourth-order valence-electron chi connectivity index (χ4n) is 3.93. The van der Waals surface area contributed by atoms with Crippen molar-refractivity contribution < 1.29 is 27.2 Å². The van der Waals surface area contributed by atoms with E-state index in [1.165, 1.54) is 34.5 Å². The second-order valence-corrected chi connectivity index (χ2v) is 9.68. The highest BCUT2D eigenvalue weighted by atomic mass is 32.2. The number of hydrogen-bond acceptors (Lipinski definition) is 6. The molecule has 0 unspecified atom stereocenters. The van der Waals surface area contributed by atoms with E-state index in [-0.39, 0.29) is 22.9 Å². The summed E-state index contributed by atoms with van der Waals surface area (Å²) in [6, 6.07) is 15.0. The number of furan rings is 1. The number of aryl methyl sites for hydroxylation is 1. The second-order valence-electron chi connectivity index (χ2n) is 7.82. The third kappa shape index (κ3) is 4.23. The highest BCUT2D eigenvalue weighted by Crippen LogP contribution is 2.32. The minimum Gasteiger partial charge on any atom is -0.465 e. The first-order valence-electron chi connectivity index (χ1n) is 10.4. The van der Waals surface area contributed by atoms with E-state index in [0.29, 0.717) is 35.7 Å². The first kappa shape index (κ1) is 22.6. The molecule has 0 atom stereocenters. The Kier molecular flexibility index (Phi) is 5.99. The Labute approximate surface area is 192 Å². The van der Waals surface area contributed by atoms with Crippen LogP contribution in [0.2, 0.25) is 0 Å². The number of sulfonamides is 1. The van der Waals surface area contributed by atoms with Crippen LogP contribution < -0.4 is 4.31 Å². The predicted octanol–water partition coefficient (Wildman–Crippen LogP) is 3.40. The summed E-state index contributed by atoms with van der Waals surface area (Å²) in [6.45, 7) is 2.11. The molecular formula is C24H24N2O6S. The van der Waals surface area contributed by atoms with E-state index >= 15 is 0 Å². The van der Waals surface area contributed by atoms with Gasteiger partial charge in [-0.3, -0.25) is 9.10 Å².